The first-order valence-corrected chi connectivity index (χ1v) is 10.3. The average molecular weight is 393 g/mol. The highest BCUT2D eigenvalue weighted by atomic mass is 35.5. The molecule has 3 nitrogen and oxygen atoms in total. The summed E-state index contributed by atoms with van der Waals surface area (Å²) in [5.41, 5.74) is 1.65. The molecule has 146 valence electrons. The van der Waals surface area contributed by atoms with Crippen LogP contribution in [0.25, 0.3) is 0 Å². The van der Waals surface area contributed by atoms with Crippen molar-refractivity contribution in [2.75, 3.05) is 0 Å². The highest BCUT2D eigenvalue weighted by Crippen LogP contribution is 2.65. The van der Waals surface area contributed by atoms with Crippen molar-refractivity contribution >= 4 is 24.5 Å². The SMILES string of the molecule is CC(=O)c1c(F)ccc(C[C@@H](Cl)B2OC3C[C@@H]4C[C@@H](C4(C)C)[C@]3(C)O2)c1C. The van der Waals surface area contributed by atoms with E-state index in [1.807, 2.05) is 0 Å². The Balaban J connectivity index is 1.52. The number of Topliss-reactive ketones (excluding diaryl/α,β-unsaturated/α-hetero) is 1. The molecule has 4 fully saturated rings. The van der Waals surface area contributed by atoms with Gasteiger partial charge in [0, 0.05) is 0 Å². The molecule has 0 aromatic heterocycles. The van der Waals surface area contributed by atoms with Crippen molar-refractivity contribution in [1.82, 2.24) is 0 Å². The number of halogens is 2. The zero-order chi connectivity index (χ0) is 19.7. The Morgan fingerprint density at radius 2 is 2.07 bits per heavy atom. The molecule has 3 aliphatic carbocycles. The fourth-order valence-corrected chi connectivity index (χ4v) is 6.01. The molecule has 3 saturated carbocycles. The lowest BCUT2D eigenvalue weighted by atomic mass is 9.43. The van der Waals surface area contributed by atoms with E-state index in [1.165, 1.54) is 19.4 Å². The lowest BCUT2D eigenvalue weighted by Gasteiger charge is -2.64. The normalized spacial score (nSPS) is 34.8. The van der Waals surface area contributed by atoms with Gasteiger partial charge in [-0.1, -0.05) is 19.9 Å². The molecular formula is C21H27BClFO3. The summed E-state index contributed by atoms with van der Waals surface area (Å²) in [7, 11) is -0.484. The van der Waals surface area contributed by atoms with Gasteiger partial charge in [-0.2, -0.15) is 0 Å². The fraction of sp³-hybridized carbons (Fsp3) is 0.667. The minimum absolute atomic E-state index is 0.0858. The van der Waals surface area contributed by atoms with Crippen molar-refractivity contribution in [2.45, 2.75) is 70.9 Å². The number of hydrogen-bond acceptors (Lipinski definition) is 3. The first-order chi connectivity index (χ1) is 12.6. The van der Waals surface area contributed by atoms with Crippen LogP contribution in [0.15, 0.2) is 12.1 Å². The number of alkyl halides is 1. The van der Waals surface area contributed by atoms with Crippen molar-refractivity contribution in [3.8, 4) is 0 Å². The highest BCUT2D eigenvalue weighted by molar-refractivity contribution is 6.60. The molecule has 0 N–H and O–H groups in total. The van der Waals surface area contributed by atoms with Crippen LogP contribution in [0.1, 0.15) is 62.0 Å². The smallest absolute Gasteiger partial charge is 0.404 e. The lowest BCUT2D eigenvalue weighted by Crippen LogP contribution is -2.65. The molecule has 1 aromatic carbocycles. The van der Waals surface area contributed by atoms with E-state index < -0.39 is 18.2 Å². The Morgan fingerprint density at radius 3 is 2.70 bits per heavy atom. The van der Waals surface area contributed by atoms with Crippen molar-refractivity contribution in [3.63, 3.8) is 0 Å². The number of carbonyl (C=O) groups is 1. The maximum atomic E-state index is 14.0. The summed E-state index contributed by atoms with van der Waals surface area (Å²) in [5.74, 6) is 0.421. The van der Waals surface area contributed by atoms with Gasteiger partial charge in [0.2, 0.25) is 0 Å². The number of carbonyl (C=O) groups excluding carboxylic acids is 1. The quantitative estimate of drug-likeness (QED) is 0.421. The Morgan fingerprint density at radius 1 is 1.37 bits per heavy atom. The van der Waals surface area contributed by atoms with Crippen LogP contribution in [0.3, 0.4) is 0 Å². The summed E-state index contributed by atoms with van der Waals surface area (Å²) in [6, 6.07) is 3.05. The average Bonchev–Trinajstić information content (AvgIpc) is 2.94. The molecule has 5 rings (SSSR count). The summed E-state index contributed by atoms with van der Waals surface area (Å²) >= 11 is 6.70. The third-order valence-corrected chi connectivity index (χ3v) is 7.92. The van der Waals surface area contributed by atoms with E-state index >= 15 is 0 Å². The molecule has 0 amide bonds. The van der Waals surface area contributed by atoms with Crippen LogP contribution >= 0.6 is 11.6 Å². The van der Waals surface area contributed by atoms with Gasteiger partial charge in [-0.25, -0.2) is 4.39 Å². The van der Waals surface area contributed by atoms with E-state index in [9.17, 15) is 9.18 Å². The number of hydrogen-bond donors (Lipinski definition) is 0. The molecule has 4 aliphatic rings. The van der Waals surface area contributed by atoms with Crippen molar-refractivity contribution < 1.29 is 18.5 Å². The Kier molecular flexibility index (Phi) is 4.53. The fourth-order valence-electron chi connectivity index (χ4n) is 5.73. The van der Waals surface area contributed by atoms with Crippen LogP contribution in [0.4, 0.5) is 4.39 Å². The highest BCUT2D eigenvalue weighted by Gasteiger charge is 2.68. The van der Waals surface area contributed by atoms with Gasteiger partial charge in [0.05, 0.1) is 22.5 Å². The second-order valence-corrected chi connectivity index (χ2v) is 9.88. The minimum Gasteiger partial charge on any atom is -0.404 e. The summed E-state index contributed by atoms with van der Waals surface area (Å²) in [6.07, 6.45) is 2.77. The summed E-state index contributed by atoms with van der Waals surface area (Å²) in [4.78, 5) is 11.8. The molecule has 1 heterocycles. The molecule has 6 heteroatoms. The molecule has 0 spiro atoms. The topological polar surface area (TPSA) is 35.5 Å². The minimum atomic E-state index is -0.484. The standard InChI is InChI=1S/C21H27BClFO3/c1-11-13(6-7-15(24)19(11)12(2)25)8-18(23)22-26-17-10-14-9-16(20(14,3)4)21(17,5)27-22/h6-7,14,16-18H,8-10H2,1-5H3/t14-,16-,17?,18+,21-/m0/s1. The van der Waals surface area contributed by atoms with Gasteiger partial charge in [-0.05, 0) is 74.5 Å². The molecule has 1 saturated heterocycles. The Bertz CT molecular complexity index is 798. The molecule has 2 bridgehead atoms. The largest absolute Gasteiger partial charge is 0.477 e. The molecule has 0 radical (unpaired) electrons. The third-order valence-electron chi connectivity index (χ3n) is 7.56. The molecule has 1 aromatic rings. The van der Waals surface area contributed by atoms with E-state index in [0.29, 0.717) is 23.8 Å². The van der Waals surface area contributed by atoms with Crippen LogP contribution in [0, 0.1) is 30.0 Å². The van der Waals surface area contributed by atoms with Gasteiger partial charge in [-0.15, -0.1) is 11.6 Å². The van der Waals surface area contributed by atoms with Crippen molar-refractivity contribution in [3.05, 3.63) is 34.6 Å². The molecule has 1 unspecified atom stereocenters. The van der Waals surface area contributed by atoms with Gasteiger partial charge >= 0.3 is 7.12 Å². The van der Waals surface area contributed by atoms with Gasteiger partial charge in [-0.3, -0.25) is 4.79 Å². The predicted octanol–water partition coefficient (Wildman–Crippen LogP) is 4.75. The maximum absolute atomic E-state index is 14.0. The number of rotatable bonds is 4. The summed E-state index contributed by atoms with van der Waals surface area (Å²) in [6.45, 7) is 9.98. The van der Waals surface area contributed by atoms with E-state index in [0.717, 1.165) is 12.0 Å². The first kappa shape index (κ1) is 19.4. The third kappa shape index (κ3) is 2.80. The molecule has 27 heavy (non-hydrogen) atoms. The van der Waals surface area contributed by atoms with E-state index in [2.05, 4.69) is 20.8 Å². The second-order valence-electron chi connectivity index (χ2n) is 9.32. The Labute approximate surface area is 166 Å². The van der Waals surface area contributed by atoms with Crippen LogP contribution in [0.5, 0.6) is 0 Å². The Hall–Kier alpha value is -0.905. The molecule has 1 aliphatic heterocycles. The number of ketones is 1. The summed E-state index contributed by atoms with van der Waals surface area (Å²) in [5, 5.41) is -0.392. The molecular weight excluding hydrogens is 365 g/mol. The van der Waals surface area contributed by atoms with Crippen LogP contribution in [-0.4, -0.2) is 29.9 Å². The van der Waals surface area contributed by atoms with Crippen LogP contribution in [0.2, 0.25) is 0 Å². The number of benzene rings is 1. The predicted molar refractivity (Wildman–Crippen MR) is 105 cm³/mol. The van der Waals surface area contributed by atoms with E-state index in [4.69, 9.17) is 20.9 Å². The van der Waals surface area contributed by atoms with Gasteiger partial charge in [0.1, 0.15) is 5.82 Å². The monoisotopic (exact) mass is 392 g/mol. The second kappa shape index (κ2) is 6.30. The lowest BCUT2D eigenvalue weighted by molar-refractivity contribution is -0.199. The van der Waals surface area contributed by atoms with Gasteiger partial charge in [0.15, 0.2) is 5.78 Å². The molecule has 5 atom stereocenters. The van der Waals surface area contributed by atoms with Crippen LogP contribution < -0.4 is 0 Å². The van der Waals surface area contributed by atoms with Crippen LogP contribution in [-0.2, 0) is 15.7 Å². The van der Waals surface area contributed by atoms with Gasteiger partial charge in [0.25, 0.3) is 0 Å². The van der Waals surface area contributed by atoms with Crippen molar-refractivity contribution in [1.29, 1.82) is 0 Å². The van der Waals surface area contributed by atoms with E-state index in [1.54, 1.807) is 13.0 Å². The van der Waals surface area contributed by atoms with Crippen molar-refractivity contribution in [2.24, 2.45) is 17.3 Å². The van der Waals surface area contributed by atoms with E-state index in [-0.39, 0.29) is 28.5 Å². The zero-order valence-corrected chi connectivity index (χ0v) is 17.4. The zero-order valence-electron chi connectivity index (χ0n) is 16.6. The first-order valence-electron chi connectivity index (χ1n) is 9.82. The van der Waals surface area contributed by atoms with Gasteiger partial charge < -0.3 is 9.31 Å². The maximum Gasteiger partial charge on any atom is 0.477 e. The summed E-state index contributed by atoms with van der Waals surface area (Å²) < 4.78 is 26.6.